The Bertz CT molecular complexity index is 1300. The van der Waals surface area contributed by atoms with Crippen LogP contribution in [0.2, 0.25) is 0 Å². The first kappa shape index (κ1) is 36.1. The number of carbonyl (C=O) groups is 6. The van der Waals surface area contributed by atoms with Crippen molar-refractivity contribution < 1.29 is 53.9 Å². The summed E-state index contributed by atoms with van der Waals surface area (Å²) in [6.45, 7) is 1.82. The Morgan fingerprint density at radius 3 is 1.76 bits per heavy atom. The summed E-state index contributed by atoms with van der Waals surface area (Å²) in [6.07, 6.45) is 3.16. The minimum absolute atomic E-state index is 0.0754. The summed E-state index contributed by atoms with van der Waals surface area (Å²) in [4.78, 5) is 79.6. The number of carboxylic acids is 4. The van der Waals surface area contributed by atoms with E-state index in [9.17, 15) is 49.2 Å². The van der Waals surface area contributed by atoms with Crippen molar-refractivity contribution in [1.82, 2.24) is 19.6 Å². The quantitative estimate of drug-likeness (QED) is 0.185. The molecule has 1 saturated heterocycles. The van der Waals surface area contributed by atoms with Crippen molar-refractivity contribution in [2.45, 2.75) is 25.8 Å². The van der Waals surface area contributed by atoms with E-state index in [1.165, 1.54) is 0 Å². The van der Waals surface area contributed by atoms with Crippen LogP contribution >= 0.6 is 0 Å². The lowest BCUT2D eigenvalue weighted by Gasteiger charge is -2.37. The highest BCUT2D eigenvalue weighted by Gasteiger charge is 2.31. The van der Waals surface area contributed by atoms with Crippen LogP contribution in [0.5, 0.6) is 5.75 Å². The zero-order valence-electron chi connectivity index (χ0n) is 25.7. The molecule has 1 fully saturated rings. The highest BCUT2D eigenvalue weighted by molar-refractivity contribution is 6.28. The molecule has 1 aromatic carbocycles. The van der Waals surface area contributed by atoms with Crippen LogP contribution in [0.1, 0.15) is 18.9 Å². The van der Waals surface area contributed by atoms with Gasteiger partial charge in [0, 0.05) is 64.0 Å². The number of rotatable bonds is 14. The first-order valence-electron chi connectivity index (χ1n) is 15.0. The fourth-order valence-electron chi connectivity index (χ4n) is 5.46. The maximum atomic E-state index is 12.6. The van der Waals surface area contributed by atoms with E-state index in [1.807, 2.05) is 6.92 Å². The van der Waals surface area contributed by atoms with Gasteiger partial charge in [0.25, 0.3) is 11.8 Å². The van der Waals surface area contributed by atoms with Gasteiger partial charge in [-0.25, -0.2) is 4.90 Å². The van der Waals surface area contributed by atoms with E-state index < -0.39 is 48.3 Å². The largest absolute Gasteiger partial charge is 0.491 e. The zero-order valence-corrected chi connectivity index (χ0v) is 25.7. The number of benzene rings is 1. The molecule has 0 bridgehead atoms. The van der Waals surface area contributed by atoms with E-state index in [2.05, 4.69) is 0 Å². The lowest BCUT2D eigenvalue weighted by atomic mass is 10.0. The number of imide groups is 1. The molecule has 1 aromatic rings. The van der Waals surface area contributed by atoms with E-state index in [4.69, 9.17) is 4.74 Å². The third-order valence-electron chi connectivity index (χ3n) is 7.58. The molecule has 16 nitrogen and oxygen atoms in total. The van der Waals surface area contributed by atoms with Crippen LogP contribution in [-0.2, 0) is 35.2 Å². The number of nitrogens with zero attached hydrogens (tertiary/aromatic N) is 5. The molecule has 0 saturated carbocycles. The van der Waals surface area contributed by atoms with Crippen molar-refractivity contribution in [2.75, 3.05) is 83.5 Å². The highest BCUT2D eigenvalue weighted by Crippen LogP contribution is 2.33. The van der Waals surface area contributed by atoms with E-state index >= 15 is 0 Å². The summed E-state index contributed by atoms with van der Waals surface area (Å²) >= 11 is 0. The second-order valence-electron chi connectivity index (χ2n) is 11.2. The molecule has 46 heavy (non-hydrogen) atoms. The van der Waals surface area contributed by atoms with Gasteiger partial charge >= 0.3 is 23.9 Å². The molecular weight excluding hydrogens is 606 g/mol. The predicted octanol–water partition coefficient (Wildman–Crippen LogP) is -0.624. The first-order valence-corrected chi connectivity index (χ1v) is 15.0. The second kappa shape index (κ2) is 17.4. The number of hydrogen-bond donors (Lipinski definition) is 4. The fourth-order valence-corrected chi connectivity index (χ4v) is 5.46. The van der Waals surface area contributed by atoms with E-state index in [0.29, 0.717) is 24.3 Å². The van der Waals surface area contributed by atoms with Gasteiger partial charge in [-0.1, -0.05) is 13.0 Å². The average molecular weight is 648 g/mol. The van der Waals surface area contributed by atoms with Crippen molar-refractivity contribution >= 4 is 41.4 Å². The van der Waals surface area contributed by atoms with Crippen LogP contribution in [0, 0.1) is 0 Å². The van der Waals surface area contributed by atoms with Gasteiger partial charge in [0.05, 0.1) is 38.5 Å². The molecule has 0 spiro atoms. The Hall–Kier alpha value is -4.38. The molecule has 2 aliphatic heterocycles. The van der Waals surface area contributed by atoms with Crippen LogP contribution in [0.3, 0.4) is 0 Å². The van der Waals surface area contributed by atoms with Gasteiger partial charge in [0.1, 0.15) is 5.75 Å². The number of ether oxygens (including phenoxy) is 1. The number of amides is 2. The molecule has 0 radical (unpaired) electrons. The number of hydrogen-bond acceptors (Lipinski definition) is 11. The van der Waals surface area contributed by atoms with Crippen LogP contribution in [0.25, 0.3) is 0 Å². The molecule has 3 rings (SSSR count). The van der Waals surface area contributed by atoms with Crippen LogP contribution in [0.4, 0.5) is 5.69 Å². The summed E-state index contributed by atoms with van der Waals surface area (Å²) in [5, 5.41) is 38.4. The molecule has 2 aliphatic rings. The minimum atomic E-state index is -1.14. The number of carbonyl (C=O) groups excluding carboxylic acids is 2. The fraction of sp³-hybridized carbons (Fsp3) is 0.533. The smallest absolute Gasteiger partial charge is 0.317 e. The molecule has 252 valence electrons. The number of aliphatic carboxylic acids is 4. The van der Waals surface area contributed by atoms with Crippen molar-refractivity contribution in [3.8, 4) is 5.75 Å². The molecule has 1 unspecified atom stereocenters. The van der Waals surface area contributed by atoms with Gasteiger partial charge in [-0.15, -0.1) is 0 Å². The third-order valence-corrected chi connectivity index (χ3v) is 7.58. The normalized spacial score (nSPS) is 19.5. The first-order chi connectivity index (χ1) is 21.9. The standard InChI is InChI=1S/C30H41N5O11/c1-2-13-46-24-4-3-21(15-23(24)35-25(36)5-6-26(35)37)14-22-16-33(19-29(42)43)10-9-31(17-27(38)39)7-8-32(18-28(40)41)11-12-34(22)20-30(44)45/h3-6,15,22H,2,7-14,16-20H2,1H3,(H,38,39)(H,40,41)(H,42,43)(H,44,45). The third kappa shape index (κ3) is 11.2. The van der Waals surface area contributed by atoms with E-state index in [0.717, 1.165) is 17.1 Å². The van der Waals surface area contributed by atoms with Gasteiger partial charge in [0.15, 0.2) is 0 Å². The summed E-state index contributed by atoms with van der Waals surface area (Å²) in [7, 11) is 0. The summed E-state index contributed by atoms with van der Waals surface area (Å²) in [5.74, 6) is -5.21. The molecule has 1 atom stereocenters. The van der Waals surface area contributed by atoms with Gasteiger partial charge in [-0.3, -0.25) is 48.4 Å². The summed E-state index contributed by atoms with van der Waals surface area (Å²) in [5.41, 5.74) is 0.840. The highest BCUT2D eigenvalue weighted by atomic mass is 16.5. The maximum absolute atomic E-state index is 12.6. The summed E-state index contributed by atoms with van der Waals surface area (Å²) < 4.78 is 5.81. The van der Waals surface area contributed by atoms with Crippen molar-refractivity contribution in [1.29, 1.82) is 0 Å². The molecule has 2 heterocycles. The Morgan fingerprint density at radius 1 is 0.739 bits per heavy atom. The van der Waals surface area contributed by atoms with Crippen molar-refractivity contribution in [2.24, 2.45) is 0 Å². The lowest BCUT2D eigenvalue weighted by Crippen LogP contribution is -2.53. The van der Waals surface area contributed by atoms with Crippen LogP contribution < -0.4 is 9.64 Å². The van der Waals surface area contributed by atoms with Gasteiger partial charge in [0.2, 0.25) is 0 Å². The molecule has 4 N–H and O–H groups in total. The van der Waals surface area contributed by atoms with Crippen molar-refractivity contribution in [3.05, 3.63) is 35.9 Å². The van der Waals surface area contributed by atoms with E-state index in [1.54, 1.807) is 37.8 Å². The monoisotopic (exact) mass is 647 g/mol. The van der Waals surface area contributed by atoms with Gasteiger partial charge in [-0.05, 0) is 30.5 Å². The zero-order chi connectivity index (χ0) is 33.8. The summed E-state index contributed by atoms with van der Waals surface area (Å²) in [6, 6.07) is 4.36. The number of carboxylic acid groups (broad SMARTS) is 4. The molecule has 2 amide bonds. The van der Waals surface area contributed by atoms with Gasteiger partial charge < -0.3 is 25.2 Å². The topological polar surface area (TPSA) is 209 Å². The molecule has 0 aliphatic carbocycles. The van der Waals surface area contributed by atoms with Crippen LogP contribution in [0.15, 0.2) is 30.4 Å². The lowest BCUT2D eigenvalue weighted by molar-refractivity contribution is -0.142. The van der Waals surface area contributed by atoms with E-state index in [-0.39, 0.29) is 77.6 Å². The average Bonchev–Trinajstić information content (AvgIpc) is 3.30. The molecular formula is C30H41N5O11. The Balaban J connectivity index is 2.03. The minimum Gasteiger partial charge on any atom is -0.491 e. The number of anilines is 1. The van der Waals surface area contributed by atoms with Crippen molar-refractivity contribution in [3.63, 3.8) is 0 Å². The second-order valence-corrected chi connectivity index (χ2v) is 11.2. The Kier molecular flexibility index (Phi) is 13.6. The van der Waals surface area contributed by atoms with Crippen LogP contribution in [-0.4, -0.2) is 160 Å². The predicted molar refractivity (Wildman–Crippen MR) is 163 cm³/mol. The molecule has 0 aromatic heterocycles. The Labute approximate surface area is 266 Å². The Morgan fingerprint density at radius 2 is 1.24 bits per heavy atom. The molecule has 16 heteroatoms. The maximum Gasteiger partial charge on any atom is 0.317 e. The SMILES string of the molecule is CCCOc1ccc(CC2CN(CC(=O)O)CCN(CC(=O)O)CCN(CC(=O)O)CCN2CC(=O)O)cc1N1C(=O)C=CC1=O. The van der Waals surface area contributed by atoms with Gasteiger partial charge in [-0.2, -0.15) is 0 Å².